The summed E-state index contributed by atoms with van der Waals surface area (Å²) in [5.74, 6) is 0.442. The second-order valence-corrected chi connectivity index (χ2v) is 6.99. The highest BCUT2D eigenvalue weighted by molar-refractivity contribution is 7.99. The monoisotopic (exact) mass is 366 g/mol. The maximum Gasteiger partial charge on any atom is 0.226 e. The van der Waals surface area contributed by atoms with Crippen molar-refractivity contribution in [3.8, 4) is 17.3 Å². The number of nitrogens with zero attached hydrogens (tertiary/aromatic N) is 3. The molecule has 5 nitrogen and oxygen atoms in total. The number of carbonyl (C=O) groups excluding carboxylic acids is 1. The first-order chi connectivity index (χ1) is 12.3. The zero-order chi connectivity index (χ0) is 17.5. The quantitative estimate of drug-likeness (QED) is 0.662. The molecule has 0 spiro atoms. The number of benzene rings is 1. The Labute approximate surface area is 153 Å². The van der Waals surface area contributed by atoms with E-state index < -0.39 is 0 Å². The SMILES string of the molecule is N#Cc1ccc(-c2ccccc2)nc1SCCC(=O)Nc1nccs1. The molecule has 0 atom stereocenters. The van der Waals surface area contributed by atoms with Gasteiger partial charge in [-0.2, -0.15) is 5.26 Å². The molecule has 0 unspecified atom stereocenters. The molecule has 2 heterocycles. The van der Waals surface area contributed by atoms with Crippen LogP contribution < -0.4 is 5.32 Å². The molecular formula is C18H14N4OS2. The van der Waals surface area contributed by atoms with E-state index in [-0.39, 0.29) is 5.91 Å². The molecule has 0 fully saturated rings. The highest BCUT2D eigenvalue weighted by Gasteiger charge is 2.10. The zero-order valence-corrected chi connectivity index (χ0v) is 14.8. The van der Waals surface area contributed by atoms with E-state index in [4.69, 9.17) is 0 Å². The number of thiazole rings is 1. The van der Waals surface area contributed by atoms with E-state index in [0.29, 0.717) is 27.9 Å². The van der Waals surface area contributed by atoms with Crippen LogP contribution in [0, 0.1) is 11.3 Å². The van der Waals surface area contributed by atoms with E-state index in [2.05, 4.69) is 21.4 Å². The molecule has 0 saturated carbocycles. The fourth-order valence-electron chi connectivity index (χ4n) is 2.11. The molecule has 0 radical (unpaired) electrons. The maximum atomic E-state index is 11.9. The topological polar surface area (TPSA) is 78.7 Å². The predicted molar refractivity (Wildman–Crippen MR) is 100 cm³/mol. The molecule has 0 aliphatic carbocycles. The molecule has 25 heavy (non-hydrogen) atoms. The first-order valence-electron chi connectivity index (χ1n) is 7.55. The van der Waals surface area contributed by atoms with Gasteiger partial charge >= 0.3 is 0 Å². The van der Waals surface area contributed by atoms with Gasteiger partial charge in [-0.25, -0.2) is 9.97 Å². The standard InChI is InChI=1S/C18H14N4OS2/c19-12-14-6-7-15(13-4-2-1-3-5-13)21-17(14)24-10-8-16(23)22-18-20-9-11-25-18/h1-7,9,11H,8,10H2,(H,20,22,23). The third kappa shape index (κ3) is 4.66. The minimum Gasteiger partial charge on any atom is -0.302 e. The van der Waals surface area contributed by atoms with Crippen molar-refractivity contribution in [1.29, 1.82) is 5.26 Å². The van der Waals surface area contributed by atoms with Gasteiger partial charge in [0.1, 0.15) is 11.1 Å². The van der Waals surface area contributed by atoms with Crippen LogP contribution in [-0.2, 0) is 4.79 Å². The molecule has 1 amide bonds. The van der Waals surface area contributed by atoms with Crippen LogP contribution in [0.15, 0.2) is 59.1 Å². The first-order valence-corrected chi connectivity index (χ1v) is 9.41. The van der Waals surface area contributed by atoms with Gasteiger partial charge in [-0.05, 0) is 12.1 Å². The van der Waals surface area contributed by atoms with Crippen LogP contribution in [0.1, 0.15) is 12.0 Å². The highest BCUT2D eigenvalue weighted by atomic mass is 32.2. The van der Waals surface area contributed by atoms with Gasteiger partial charge in [-0.3, -0.25) is 4.79 Å². The molecule has 0 aliphatic heterocycles. The Hall–Kier alpha value is -2.69. The van der Waals surface area contributed by atoms with Gasteiger partial charge in [0, 0.05) is 29.3 Å². The third-order valence-electron chi connectivity index (χ3n) is 3.30. The minimum absolute atomic E-state index is 0.0971. The summed E-state index contributed by atoms with van der Waals surface area (Å²) in [4.78, 5) is 20.5. The van der Waals surface area contributed by atoms with Crippen molar-refractivity contribution in [2.75, 3.05) is 11.1 Å². The lowest BCUT2D eigenvalue weighted by molar-refractivity contribution is -0.115. The van der Waals surface area contributed by atoms with Gasteiger partial charge in [0.15, 0.2) is 5.13 Å². The van der Waals surface area contributed by atoms with Gasteiger partial charge in [0.2, 0.25) is 5.91 Å². The van der Waals surface area contributed by atoms with E-state index in [1.54, 1.807) is 12.3 Å². The van der Waals surface area contributed by atoms with Gasteiger partial charge in [0.05, 0.1) is 11.3 Å². The van der Waals surface area contributed by atoms with Crippen molar-refractivity contribution in [1.82, 2.24) is 9.97 Å². The van der Waals surface area contributed by atoms with E-state index >= 15 is 0 Å². The molecule has 0 saturated heterocycles. The zero-order valence-electron chi connectivity index (χ0n) is 13.2. The Balaban J connectivity index is 1.65. The lowest BCUT2D eigenvalue weighted by Gasteiger charge is -2.07. The molecule has 7 heteroatoms. The summed E-state index contributed by atoms with van der Waals surface area (Å²) in [7, 11) is 0. The van der Waals surface area contributed by atoms with Crippen LogP contribution in [0.3, 0.4) is 0 Å². The summed E-state index contributed by atoms with van der Waals surface area (Å²) < 4.78 is 0. The van der Waals surface area contributed by atoms with E-state index in [1.807, 2.05) is 41.8 Å². The summed E-state index contributed by atoms with van der Waals surface area (Å²) in [6.07, 6.45) is 1.97. The summed E-state index contributed by atoms with van der Waals surface area (Å²) in [6, 6.07) is 15.6. The molecule has 3 rings (SSSR count). The largest absolute Gasteiger partial charge is 0.302 e. The lowest BCUT2D eigenvalue weighted by Crippen LogP contribution is -2.11. The van der Waals surface area contributed by atoms with Crippen LogP contribution in [-0.4, -0.2) is 21.6 Å². The van der Waals surface area contributed by atoms with Crippen molar-refractivity contribution in [3.05, 3.63) is 59.6 Å². The lowest BCUT2D eigenvalue weighted by atomic mass is 10.1. The number of nitriles is 1. The number of amides is 1. The third-order valence-corrected chi connectivity index (χ3v) is 4.98. The minimum atomic E-state index is -0.0971. The van der Waals surface area contributed by atoms with Crippen molar-refractivity contribution in [3.63, 3.8) is 0 Å². The second kappa shape index (κ2) is 8.42. The second-order valence-electron chi connectivity index (χ2n) is 5.01. The van der Waals surface area contributed by atoms with Crippen molar-refractivity contribution in [2.45, 2.75) is 11.4 Å². The van der Waals surface area contributed by atoms with E-state index in [1.165, 1.54) is 23.1 Å². The van der Waals surface area contributed by atoms with Crippen molar-refractivity contribution in [2.24, 2.45) is 0 Å². The van der Waals surface area contributed by atoms with Crippen molar-refractivity contribution >= 4 is 34.1 Å². The highest BCUT2D eigenvalue weighted by Crippen LogP contribution is 2.25. The Kier molecular flexibility index (Phi) is 5.77. The van der Waals surface area contributed by atoms with Crippen LogP contribution in [0.25, 0.3) is 11.3 Å². The molecule has 2 aromatic heterocycles. The Morgan fingerprint density at radius 3 is 2.80 bits per heavy atom. The number of anilines is 1. The summed E-state index contributed by atoms with van der Waals surface area (Å²) in [5.41, 5.74) is 2.33. The number of pyridine rings is 1. The normalized spacial score (nSPS) is 10.2. The smallest absolute Gasteiger partial charge is 0.226 e. The van der Waals surface area contributed by atoms with Gasteiger partial charge < -0.3 is 5.32 Å². The Morgan fingerprint density at radius 2 is 2.08 bits per heavy atom. The van der Waals surface area contributed by atoms with Crippen LogP contribution in [0.5, 0.6) is 0 Å². The van der Waals surface area contributed by atoms with Crippen molar-refractivity contribution < 1.29 is 4.79 Å². The fraction of sp³-hybridized carbons (Fsp3) is 0.111. The molecule has 124 valence electrons. The first kappa shape index (κ1) is 17.1. The van der Waals surface area contributed by atoms with Crippen LogP contribution in [0.4, 0.5) is 5.13 Å². The number of aromatic nitrogens is 2. The molecule has 1 aromatic carbocycles. The molecule has 0 aliphatic rings. The summed E-state index contributed by atoms with van der Waals surface area (Å²) in [5, 5.41) is 15.1. The number of nitrogens with one attached hydrogen (secondary N) is 1. The van der Waals surface area contributed by atoms with Crippen LogP contribution in [0.2, 0.25) is 0 Å². The van der Waals surface area contributed by atoms with Gasteiger partial charge in [-0.1, -0.05) is 30.3 Å². The van der Waals surface area contributed by atoms with Gasteiger partial charge in [0.25, 0.3) is 0 Å². The van der Waals surface area contributed by atoms with E-state index in [0.717, 1.165) is 11.3 Å². The summed E-state index contributed by atoms with van der Waals surface area (Å²) in [6.45, 7) is 0. The number of carbonyl (C=O) groups is 1. The number of hydrogen-bond acceptors (Lipinski definition) is 6. The van der Waals surface area contributed by atoms with Crippen LogP contribution >= 0.6 is 23.1 Å². The number of thioether (sulfide) groups is 1. The summed E-state index contributed by atoms with van der Waals surface area (Å²) >= 11 is 2.79. The average molecular weight is 366 g/mol. The molecule has 0 bridgehead atoms. The van der Waals surface area contributed by atoms with E-state index in [9.17, 15) is 10.1 Å². The Bertz CT molecular complexity index is 889. The number of rotatable bonds is 6. The number of hydrogen-bond donors (Lipinski definition) is 1. The predicted octanol–water partition coefficient (Wildman–Crippen LogP) is 4.20. The molecule has 3 aromatic rings. The molecular weight excluding hydrogens is 352 g/mol. The maximum absolute atomic E-state index is 11.9. The Morgan fingerprint density at radius 1 is 1.24 bits per heavy atom. The fourth-order valence-corrected chi connectivity index (χ4v) is 3.57. The molecule has 1 N–H and O–H groups in total. The van der Waals surface area contributed by atoms with Gasteiger partial charge in [-0.15, -0.1) is 23.1 Å². The average Bonchev–Trinajstić information content (AvgIpc) is 3.15.